The molecule has 0 aromatic carbocycles. The van der Waals surface area contributed by atoms with Gasteiger partial charge in [0, 0.05) is 6.04 Å². The molecule has 0 amide bonds. The Bertz CT molecular complexity index is 139. The monoisotopic (exact) mass is 174 g/mol. The molecule has 12 heavy (non-hydrogen) atoms. The molecular formula is C8H18N2O2. The summed E-state index contributed by atoms with van der Waals surface area (Å²) in [5.41, 5.74) is 5.77. The van der Waals surface area contributed by atoms with E-state index in [9.17, 15) is 5.11 Å². The fraction of sp³-hybridized carbons (Fsp3) is 1.00. The minimum absolute atomic E-state index is 0.0444. The summed E-state index contributed by atoms with van der Waals surface area (Å²) >= 11 is 0. The quantitative estimate of drug-likeness (QED) is 0.404. The smallest absolute Gasteiger partial charge is 0.130 e. The maximum absolute atomic E-state index is 9.37. The molecule has 0 saturated heterocycles. The average molecular weight is 174 g/mol. The number of nitrogens with one attached hydrogen (secondary N) is 1. The lowest BCUT2D eigenvalue weighted by Crippen LogP contribution is -2.41. The van der Waals surface area contributed by atoms with Gasteiger partial charge in [0.1, 0.15) is 6.23 Å². The Morgan fingerprint density at radius 1 is 1.50 bits per heavy atom. The fourth-order valence-electron chi connectivity index (χ4n) is 1.32. The van der Waals surface area contributed by atoms with Crippen molar-refractivity contribution in [1.82, 2.24) is 5.32 Å². The van der Waals surface area contributed by atoms with Crippen molar-refractivity contribution in [2.75, 3.05) is 7.05 Å². The number of aliphatic hydroxyl groups is 2. The molecule has 3 atom stereocenters. The van der Waals surface area contributed by atoms with Crippen molar-refractivity contribution in [1.29, 1.82) is 0 Å². The minimum atomic E-state index is -0.852. The molecule has 1 aliphatic rings. The fourth-order valence-corrected chi connectivity index (χ4v) is 1.32. The molecule has 72 valence electrons. The van der Waals surface area contributed by atoms with Crippen LogP contribution >= 0.6 is 0 Å². The van der Waals surface area contributed by atoms with Crippen LogP contribution in [0.2, 0.25) is 0 Å². The highest BCUT2D eigenvalue weighted by atomic mass is 16.3. The zero-order valence-corrected chi connectivity index (χ0v) is 7.40. The molecule has 1 aliphatic carbocycles. The standard InChI is InChI=1S/C8H18N2O2/c1-10-8(12)7(11)4-6(9)5-2-3-5/h5-8,10-12H,2-4,9H2,1H3. The highest BCUT2D eigenvalue weighted by Gasteiger charge is 2.31. The molecule has 5 N–H and O–H groups in total. The van der Waals surface area contributed by atoms with Gasteiger partial charge in [-0.25, -0.2) is 0 Å². The second-order valence-electron chi connectivity index (χ2n) is 3.54. The van der Waals surface area contributed by atoms with Gasteiger partial charge >= 0.3 is 0 Å². The molecule has 4 heteroatoms. The second-order valence-corrected chi connectivity index (χ2v) is 3.54. The normalized spacial score (nSPS) is 25.0. The summed E-state index contributed by atoms with van der Waals surface area (Å²) in [5, 5.41) is 21.1. The van der Waals surface area contributed by atoms with E-state index in [1.54, 1.807) is 7.05 Å². The van der Waals surface area contributed by atoms with E-state index in [2.05, 4.69) is 5.32 Å². The SMILES string of the molecule is CNC(O)C(O)CC(N)C1CC1. The summed E-state index contributed by atoms with van der Waals surface area (Å²) in [6.07, 6.45) is 1.22. The molecular weight excluding hydrogens is 156 g/mol. The summed E-state index contributed by atoms with van der Waals surface area (Å²) in [5.74, 6) is 0.573. The van der Waals surface area contributed by atoms with E-state index in [1.807, 2.05) is 0 Å². The van der Waals surface area contributed by atoms with Crippen LogP contribution in [0.3, 0.4) is 0 Å². The molecule has 0 aromatic heterocycles. The van der Waals surface area contributed by atoms with Crippen molar-refractivity contribution < 1.29 is 10.2 Å². The second kappa shape index (κ2) is 4.18. The predicted octanol–water partition coefficient (Wildman–Crippen LogP) is -0.988. The van der Waals surface area contributed by atoms with Crippen LogP contribution in [0.25, 0.3) is 0 Å². The number of rotatable bonds is 5. The maximum atomic E-state index is 9.37. The third-order valence-electron chi connectivity index (χ3n) is 2.40. The van der Waals surface area contributed by atoms with Crippen molar-refractivity contribution in [2.24, 2.45) is 11.7 Å². The Kier molecular flexibility index (Phi) is 3.46. The zero-order chi connectivity index (χ0) is 9.14. The van der Waals surface area contributed by atoms with Gasteiger partial charge in [-0.3, -0.25) is 5.32 Å². The van der Waals surface area contributed by atoms with Crippen LogP contribution in [0.4, 0.5) is 0 Å². The molecule has 0 aromatic rings. The van der Waals surface area contributed by atoms with Crippen LogP contribution in [0.5, 0.6) is 0 Å². The molecule has 0 radical (unpaired) electrons. The van der Waals surface area contributed by atoms with Crippen LogP contribution < -0.4 is 11.1 Å². The lowest BCUT2D eigenvalue weighted by molar-refractivity contribution is -0.00567. The summed E-state index contributed by atoms with van der Waals surface area (Å²) < 4.78 is 0. The molecule has 1 rings (SSSR count). The molecule has 0 aliphatic heterocycles. The van der Waals surface area contributed by atoms with Gasteiger partial charge in [0.15, 0.2) is 0 Å². The number of nitrogens with two attached hydrogens (primary N) is 1. The van der Waals surface area contributed by atoms with Crippen molar-refractivity contribution >= 4 is 0 Å². The Morgan fingerprint density at radius 3 is 2.50 bits per heavy atom. The van der Waals surface area contributed by atoms with Crippen molar-refractivity contribution in [3.05, 3.63) is 0 Å². The zero-order valence-electron chi connectivity index (χ0n) is 7.40. The molecule has 0 heterocycles. The molecule has 1 saturated carbocycles. The van der Waals surface area contributed by atoms with Crippen LogP contribution in [0.15, 0.2) is 0 Å². The van der Waals surface area contributed by atoms with Gasteiger partial charge in [-0.15, -0.1) is 0 Å². The number of hydrogen-bond donors (Lipinski definition) is 4. The van der Waals surface area contributed by atoms with Gasteiger partial charge in [0.2, 0.25) is 0 Å². The van der Waals surface area contributed by atoms with E-state index in [0.717, 1.165) is 0 Å². The van der Waals surface area contributed by atoms with Crippen molar-refractivity contribution in [3.8, 4) is 0 Å². The van der Waals surface area contributed by atoms with E-state index in [4.69, 9.17) is 10.8 Å². The Balaban J connectivity index is 2.19. The summed E-state index contributed by atoms with van der Waals surface area (Å²) in [6, 6.07) is 0.0444. The largest absolute Gasteiger partial charge is 0.389 e. The van der Waals surface area contributed by atoms with E-state index in [-0.39, 0.29) is 6.04 Å². The van der Waals surface area contributed by atoms with Gasteiger partial charge < -0.3 is 15.9 Å². The van der Waals surface area contributed by atoms with Crippen molar-refractivity contribution in [2.45, 2.75) is 37.6 Å². The van der Waals surface area contributed by atoms with Crippen LogP contribution in [-0.4, -0.2) is 35.6 Å². The van der Waals surface area contributed by atoms with Crippen LogP contribution in [-0.2, 0) is 0 Å². The molecule has 0 spiro atoms. The summed E-state index contributed by atoms with van der Waals surface area (Å²) in [7, 11) is 1.61. The van der Waals surface area contributed by atoms with Crippen molar-refractivity contribution in [3.63, 3.8) is 0 Å². The summed E-state index contributed by atoms with van der Waals surface area (Å²) in [6.45, 7) is 0. The van der Waals surface area contributed by atoms with Gasteiger partial charge in [0.05, 0.1) is 6.10 Å². The predicted molar refractivity (Wildman–Crippen MR) is 46.4 cm³/mol. The number of aliphatic hydroxyl groups excluding tert-OH is 2. The van der Waals surface area contributed by atoms with Gasteiger partial charge in [0.25, 0.3) is 0 Å². The first kappa shape index (κ1) is 9.92. The van der Waals surface area contributed by atoms with Crippen LogP contribution in [0.1, 0.15) is 19.3 Å². The first-order valence-electron chi connectivity index (χ1n) is 4.44. The van der Waals surface area contributed by atoms with E-state index >= 15 is 0 Å². The first-order valence-corrected chi connectivity index (χ1v) is 4.44. The van der Waals surface area contributed by atoms with E-state index < -0.39 is 12.3 Å². The average Bonchev–Trinajstić information content (AvgIpc) is 2.84. The lowest BCUT2D eigenvalue weighted by atomic mass is 10.1. The van der Waals surface area contributed by atoms with Gasteiger partial charge in [-0.05, 0) is 32.2 Å². The third kappa shape index (κ3) is 2.71. The summed E-state index contributed by atoms with van der Waals surface area (Å²) in [4.78, 5) is 0. The molecule has 4 nitrogen and oxygen atoms in total. The van der Waals surface area contributed by atoms with Gasteiger partial charge in [-0.1, -0.05) is 0 Å². The Hall–Kier alpha value is -0.160. The highest BCUT2D eigenvalue weighted by molar-refractivity contribution is 4.86. The van der Waals surface area contributed by atoms with E-state index in [1.165, 1.54) is 12.8 Å². The first-order chi connectivity index (χ1) is 5.65. The Morgan fingerprint density at radius 2 is 2.08 bits per heavy atom. The lowest BCUT2D eigenvalue weighted by Gasteiger charge is -2.20. The molecule has 1 fully saturated rings. The van der Waals surface area contributed by atoms with Gasteiger partial charge in [-0.2, -0.15) is 0 Å². The number of hydrogen-bond acceptors (Lipinski definition) is 4. The Labute approximate surface area is 72.8 Å². The van der Waals surface area contributed by atoms with E-state index in [0.29, 0.717) is 12.3 Å². The molecule has 0 bridgehead atoms. The third-order valence-corrected chi connectivity index (χ3v) is 2.40. The topological polar surface area (TPSA) is 78.5 Å². The maximum Gasteiger partial charge on any atom is 0.130 e. The molecule has 3 unspecified atom stereocenters. The number of likely N-dealkylation sites (N-methyl/N-ethyl adjacent to an activating group) is 1. The van der Waals surface area contributed by atoms with Crippen LogP contribution in [0, 0.1) is 5.92 Å². The minimum Gasteiger partial charge on any atom is -0.389 e. The highest BCUT2D eigenvalue weighted by Crippen LogP contribution is 2.33.